The van der Waals surface area contributed by atoms with E-state index in [1.54, 1.807) is 17.8 Å². The lowest BCUT2D eigenvalue weighted by molar-refractivity contribution is 0.622. The average Bonchev–Trinajstić information content (AvgIpc) is 1.96. The van der Waals surface area contributed by atoms with Crippen molar-refractivity contribution in [1.82, 2.24) is 0 Å². The summed E-state index contributed by atoms with van der Waals surface area (Å²) < 4.78 is 13.6. The van der Waals surface area contributed by atoms with E-state index in [-0.39, 0.29) is 5.82 Å². The highest BCUT2D eigenvalue weighted by Gasteiger charge is 2.03. The number of benzene rings is 1. The fourth-order valence-corrected chi connectivity index (χ4v) is 2.04. The summed E-state index contributed by atoms with van der Waals surface area (Å²) in [6, 6.07) is 3.03. The lowest BCUT2D eigenvalue weighted by Crippen LogP contribution is -1.83. The van der Waals surface area contributed by atoms with Gasteiger partial charge in [-0.25, -0.2) is 4.39 Å². The second kappa shape index (κ2) is 3.59. The summed E-state index contributed by atoms with van der Waals surface area (Å²) in [6.07, 6.45) is 1.94. The Morgan fingerprint density at radius 3 is 2.64 bits per heavy atom. The first-order valence-electron chi connectivity index (χ1n) is 3.15. The Labute approximate surface area is 78.3 Å². The highest BCUT2D eigenvalue weighted by atomic mass is 79.9. The molecule has 60 valence electrons. The molecule has 0 aliphatic carbocycles. The van der Waals surface area contributed by atoms with Crippen LogP contribution in [0, 0.1) is 12.7 Å². The van der Waals surface area contributed by atoms with Gasteiger partial charge < -0.3 is 0 Å². The van der Waals surface area contributed by atoms with Crippen molar-refractivity contribution < 1.29 is 4.39 Å². The monoisotopic (exact) mass is 234 g/mol. The number of hydrogen-bond donors (Lipinski definition) is 0. The molecule has 0 unspecified atom stereocenters. The zero-order chi connectivity index (χ0) is 8.43. The van der Waals surface area contributed by atoms with Gasteiger partial charge in [0.1, 0.15) is 5.82 Å². The van der Waals surface area contributed by atoms with Crippen LogP contribution in [-0.2, 0) is 0 Å². The third kappa shape index (κ3) is 1.97. The van der Waals surface area contributed by atoms with Gasteiger partial charge in [0.05, 0.1) is 0 Å². The normalized spacial score (nSPS) is 10.2. The number of hydrogen-bond acceptors (Lipinski definition) is 1. The van der Waals surface area contributed by atoms with Gasteiger partial charge in [0.2, 0.25) is 0 Å². The lowest BCUT2D eigenvalue weighted by atomic mass is 10.2. The molecule has 0 atom stereocenters. The molecule has 0 spiro atoms. The Morgan fingerprint density at radius 1 is 1.45 bits per heavy atom. The number of halogens is 2. The van der Waals surface area contributed by atoms with Gasteiger partial charge in [-0.3, -0.25) is 0 Å². The van der Waals surface area contributed by atoms with Gasteiger partial charge in [0.25, 0.3) is 0 Å². The van der Waals surface area contributed by atoms with Crippen molar-refractivity contribution in [3.05, 3.63) is 28.0 Å². The van der Waals surface area contributed by atoms with Crippen molar-refractivity contribution in [2.24, 2.45) is 0 Å². The topological polar surface area (TPSA) is 0 Å². The fourth-order valence-electron chi connectivity index (χ4n) is 0.834. The SMILES string of the molecule is CSc1cc(F)cc(Br)c1C. The molecule has 0 amide bonds. The number of rotatable bonds is 1. The first-order chi connectivity index (χ1) is 5.15. The molecule has 0 nitrogen and oxygen atoms in total. The van der Waals surface area contributed by atoms with Gasteiger partial charge in [0, 0.05) is 9.37 Å². The van der Waals surface area contributed by atoms with E-state index < -0.39 is 0 Å². The predicted octanol–water partition coefficient (Wildman–Crippen LogP) is 3.62. The smallest absolute Gasteiger partial charge is 0.125 e. The van der Waals surface area contributed by atoms with Crippen LogP contribution in [0.15, 0.2) is 21.5 Å². The first-order valence-corrected chi connectivity index (χ1v) is 5.16. The van der Waals surface area contributed by atoms with E-state index in [2.05, 4.69) is 15.9 Å². The second-order valence-corrected chi connectivity index (χ2v) is 3.92. The van der Waals surface area contributed by atoms with Crippen molar-refractivity contribution in [1.29, 1.82) is 0 Å². The molecule has 0 saturated heterocycles. The molecule has 0 radical (unpaired) electrons. The fraction of sp³-hybridized carbons (Fsp3) is 0.250. The van der Waals surface area contributed by atoms with E-state index in [0.717, 1.165) is 14.9 Å². The quantitative estimate of drug-likeness (QED) is 0.670. The van der Waals surface area contributed by atoms with E-state index >= 15 is 0 Å². The zero-order valence-corrected chi connectivity index (χ0v) is 8.72. The van der Waals surface area contributed by atoms with Gasteiger partial charge in [-0.15, -0.1) is 11.8 Å². The van der Waals surface area contributed by atoms with Crippen LogP contribution in [0.2, 0.25) is 0 Å². The molecule has 1 aromatic rings. The van der Waals surface area contributed by atoms with Crippen LogP contribution >= 0.6 is 27.7 Å². The maximum atomic E-state index is 12.8. The van der Waals surface area contributed by atoms with Gasteiger partial charge in [-0.1, -0.05) is 15.9 Å². The molecule has 0 aromatic heterocycles. The summed E-state index contributed by atoms with van der Waals surface area (Å²) in [6.45, 7) is 1.97. The molecule has 0 aliphatic rings. The van der Waals surface area contributed by atoms with Crippen LogP contribution in [0.4, 0.5) is 4.39 Å². The summed E-state index contributed by atoms with van der Waals surface area (Å²) in [5, 5.41) is 0. The van der Waals surface area contributed by atoms with Gasteiger partial charge in [-0.05, 0) is 30.9 Å². The molecule has 1 aromatic carbocycles. The first kappa shape index (κ1) is 9.07. The van der Waals surface area contributed by atoms with Crippen molar-refractivity contribution in [2.75, 3.05) is 6.26 Å². The van der Waals surface area contributed by atoms with E-state index in [1.807, 2.05) is 13.2 Å². The highest BCUT2D eigenvalue weighted by molar-refractivity contribution is 9.10. The minimum absolute atomic E-state index is 0.188. The molecule has 0 aliphatic heterocycles. The van der Waals surface area contributed by atoms with Gasteiger partial charge in [0.15, 0.2) is 0 Å². The maximum absolute atomic E-state index is 12.8. The van der Waals surface area contributed by atoms with E-state index in [0.29, 0.717) is 0 Å². The van der Waals surface area contributed by atoms with Crippen LogP contribution in [0.5, 0.6) is 0 Å². The Morgan fingerprint density at radius 2 is 2.09 bits per heavy atom. The second-order valence-electron chi connectivity index (χ2n) is 2.21. The average molecular weight is 235 g/mol. The number of thioether (sulfide) groups is 1. The Hall–Kier alpha value is -0.0200. The van der Waals surface area contributed by atoms with Gasteiger partial charge >= 0.3 is 0 Å². The minimum atomic E-state index is -0.188. The maximum Gasteiger partial charge on any atom is 0.125 e. The highest BCUT2D eigenvalue weighted by Crippen LogP contribution is 2.27. The summed E-state index contributed by atoms with van der Waals surface area (Å²) in [5.74, 6) is -0.188. The summed E-state index contributed by atoms with van der Waals surface area (Å²) in [4.78, 5) is 0.983. The van der Waals surface area contributed by atoms with Crippen molar-refractivity contribution >= 4 is 27.7 Å². The summed E-state index contributed by atoms with van der Waals surface area (Å²) in [5.41, 5.74) is 1.10. The minimum Gasteiger partial charge on any atom is -0.207 e. The van der Waals surface area contributed by atoms with E-state index in [9.17, 15) is 4.39 Å². The lowest BCUT2D eigenvalue weighted by Gasteiger charge is -2.03. The standard InChI is InChI=1S/C8H8BrFS/c1-5-7(9)3-6(10)4-8(5)11-2/h3-4H,1-2H3. The van der Waals surface area contributed by atoms with Crippen molar-refractivity contribution in [3.8, 4) is 0 Å². The van der Waals surface area contributed by atoms with Crippen molar-refractivity contribution in [3.63, 3.8) is 0 Å². The molecule has 0 N–H and O–H groups in total. The molecular formula is C8H8BrFS. The molecule has 0 bridgehead atoms. The Kier molecular flexibility index (Phi) is 2.96. The molecule has 3 heteroatoms. The molecule has 1 rings (SSSR count). The zero-order valence-electron chi connectivity index (χ0n) is 6.32. The molecule has 0 heterocycles. The van der Waals surface area contributed by atoms with Crippen molar-refractivity contribution in [2.45, 2.75) is 11.8 Å². The molecule has 0 saturated carbocycles. The molecule has 0 fully saturated rings. The summed E-state index contributed by atoms with van der Waals surface area (Å²) in [7, 11) is 0. The third-order valence-corrected chi connectivity index (χ3v) is 3.17. The van der Waals surface area contributed by atoms with Gasteiger partial charge in [-0.2, -0.15) is 0 Å². The Bertz CT molecular complexity index is 273. The van der Waals surface area contributed by atoms with Crippen LogP contribution in [0.3, 0.4) is 0 Å². The molecule has 11 heavy (non-hydrogen) atoms. The van der Waals surface area contributed by atoms with E-state index in [1.165, 1.54) is 6.07 Å². The predicted molar refractivity (Wildman–Crippen MR) is 50.6 cm³/mol. The van der Waals surface area contributed by atoms with E-state index in [4.69, 9.17) is 0 Å². The Balaban J connectivity index is 3.24. The largest absolute Gasteiger partial charge is 0.207 e. The van der Waals surface area contributed by atoms with Crippen LogP contribution in [0.1, 0.15) is 5.56 Å². The van der Waals surface area contributed by atoms with Crippen LogP contribution in [-0.4, -0.2) is 6.26 Å². The van der Waals surface area contributed by atoms with Crippen LogP contribution in [0.25, 0.3) is 0 Å². The molecular weight excluding hydrogens is 227 g/mol. The summed E-state index contributed by atoms with van der Waals surface area (Å²) >= 11 is 4.84. The van der Waals surface area contributed by atoms with Crippen LogP contribution < -0.4 is 0 Å². The third-order valence-electron chi connectivity index (χ3n) is 1.48.